The van der Waals surface area contributed by atoms with Crippen LogP contribution in [0.3, 0.4) is 0 Å². The topological polar surface area (TPSA) is 92.5 Å². The van der Waals surface area contributed by atoms with Gasteiger partial charge in [0, 0.05) is 18.7 Å². The van der Waals surface area contributed by atoms with Crippen LogP contribution in [0, 0.1) is 12.8 Å². The molecule has 2 rings (SSSR count). The lowest BCUT2D eigenvalue weighted by molar-refractivity contribution is -0.128. The highest BCUT2D eigenvalue weighted by atomic mass is 16.2. The van der Waals surface area contributed by atoms with Crippen LogP contribution >= 0.6 is 0 Å². The average molecular weight is 275 g/mol. The van der Waals surface area contributed by atoms with Crippen molar-refractivity contribution in [3.05, 3.63) is 29.8 Å². The van der Waals surface area contributed by atoms with Gasteiger partial charge in [0.2, 0.25) is 17.7 Å². The Hall–Kier alpha value is -2.37. The highest BCUT2D eigenvalue weighted by Crippen LogP contribution is 2.25. The summed E-state index contributed by atoms with van der Waals surface area (Å²) >= 11 is 0. The van der Waals surface area contributed by atoms with Gasteiger partial charge in [-0.05, 0) is 19.1 Å². The fourth-order valence-corrected chi connectivity index (χ4v) is 2.18. The van der Waals surface area contributed by atoms with Crippen LogP contribution in [0.2, 0.25) is 0 Å². The Balaban J connectivity index is 2.01. The first-order valence-corrected chi connectivity index (χ1v) is 6.40. The van der Waals surface area contributed by atoms with E-state index in [1.807, 2.05) is 31.2 Å². The van der Waals surface area contributed by atoms with Gasteiger partial charge < -0.3 is 16.0 Å². The third-order valence-corrected chi connectivity index (χ3v) is 3.28. The van der Waals surface area contributed by atoms with Gasteiger partial charge >= 0.3 is 0 Å². The fraction of sp³-hybridized carbons (Fsp3) is 0.357. The van der Waals surface area contributed by atoms with Gasteiger partial charge in [0.1, 0.15) is 0 Å². The number of anilines is 1. The molecule has 20 heavy (non-hydrogen) atoms. The number of hydrogen-bond donors (Lipinski definition) is 2. The molecule has 1 aromatic rings. The van der Waals surface area contributed by atoms with Crippen molar-refractivity contribution in [1.29, 1.82) is 0 Å². The van der Waals surface area contributed by atoms with Gasteiger partial charge in [-0.15, -0.1) is 0 Å². The first-order valence-electron chi connectivity index (χ1n) is 6.40. The molecule has 106 valence electrons. The highest BCUT2D eigenvalue weighted by Gasteiger charge is 2.34. The quantitative estimate of drug-likeness (QED) is 0.807. The molecular formula is C14H17N3O3. The van der Waals surface area contributed by atoms with E-state index in [0.717, 1.165) is 11.3 Å². The molecule has 0 unspecified atom stereocenters. The molecule has 1 heterocycles. The number of carbonyl (C=O) groups is 3. The van der Waals surface area contributed by atoms with Crippen LogP contribution in [-0.2, 0) is 14.4 Å². The predicted octanol–water partition coefficient (Wildman–Crippen LogP) is -0.0506. The monoisotopic (exact) mass is 275 g/mol. The van der Waals surface area contributed by atoms with Crippen LogP contribution in [0.5, 0.6) is 0 Å². The second-order valence-corrected chi connectivity index (χ2v) is 4.93. The first kappa shape index (κ1) is 14.0. The second kappa shape index (κ2) is 5.73. The Morgan fingerprint density at radius 1 is 1.35 bits per heavy atom. The fourth-order valence-electron chi connectivity index (χ4n) is 2.18. The van der Waals surface area contributed by atoms with Gasteiger partial charge in [-0.2, -0.15) is 0 Å². The lowest BCUT2D eigenvalue weighted by Crippen LogP contribution is -2.38. The van der Waals surface area contributed by atoms with E-state index in [9.17, 15) is 14.4 Å². The number of primary amides is 1. The summed E-state index contributed by atoms with van der Waals surface area (Å²) in [6, 6.07) is 7.56. The van der Waals surface area contributed by atoms with E-state index < -0.39 is 11.8 Å². The van der Waals surface area contributed by atoms with E-state index in [0.29, 0.717) is 6.54 Å². The number of nitrogens with two attached hydrogens (primary N) is 1. The van der Waals surface area contributed by atoms with Gasteiger partial charge in [-0.1, -0.05) is 17.7 Å². The molecule has 1 aromatic carbocycles. The zero-order chi connectivity index (χ0) is 14.7. The SMILES string of the molecule is Cc1ccc(N2C[C@H](C(=O)NCC(N)=O)CC2=O)cc1. The Morgan fingerprint density at radius 2 is 2.00 bits per heavy atom. The van der Waals surface area contributed by atoms with Crippen LogP contribution in [0.25, 0.3) is 0 Å². The van der Waals surface area contributed by atoms with Crippen molar-refractivity contribution >= 4 is 23.4 Å². The largest absolute Gasteiger partial charge is 0.368 e. The number of amides is 3. The normalized spacial score (nSPS) is 18.1. The number of nitrogens with zero attached hydrogens (tertiary/aromatic N) is 1. The minimum atomic E-state index is -0.599. The number of hydrogen-bond acceptors (Lipinski definition) is 3. The van der Waals surface area contributed by atoms with Crippen molar-refractivity contribution < 1.29 is 14.4 Å². The number of aryl methyl sites for hydroxylation is 1. The molecule has 1 atom stereocenters. The number of carbonyl (C=O) groups excluding carboxylic acids is 3. The van der Waals surface area contributed by atoms with Crippen molar-refractivity contribution in [1.82, 2.24) is 5.32 Å². The van der Waals surface area contributed by atoms with Crippen molar-refractivity contribution in [3.8, 4) is 0 Å². The molecule has 6 heteroatoms. The first-order chi connectivity index (χ1) is 9.47. The zero-order valence-corrected chi connectivity index (χ0v) is 11.3. The molecule has 0 aromatic heterocycles. The van der Waals surface area contributed by atoms with Crippen molar-refractivity contribution in [2.24, 2.45) is 11.7 Å². The molecule has 1 saturated heterocycles. The van der Waals surface area contributed by atoms with Crippen LogP contribution in [0.1, 0.15) is 12.0 Å². The molecule has 0 spiro atoms. The summed E-state index contributed by atoms with van der Waals surface area (Å²) in [7, 11) is 0. The summed E-state index contributed by atoms with van der Waals surface area (Å²) in [5.74, 6) is -1.44. The molecule has 0 bridgehead atoms. The zero-order valence-electron chi connectivity index (χ0n) is 11.3. The summed E-state index contributed by atoms with van der Waals surface area (Å²) in [4.78, 5) is 36.0. The molecule has 0 aliphatic carbocycles. The van der Waals surface area contributed by atoms with Gasteiger partial charge in [0.15, 0.2) is 0 Å². The van der Waals surface area contributed by atoms with E-state index in [1.54, 1.807) is 4.90 Å². The van der Waals surface area contributed by atoms with E-state index in [4.69, 9.17) is 5.73 Å². The maximum atomic E-state index is 12.0. The van der Waals surface area contributed by atoms with Crippen LogP contribution in [-0.4, -0.2) is 30.8 Å². The van der Waals surface area contributed by atoms with Gasteiger partial charge in [-0.25, -0.2) is 0 Å². The van der Waals surface area contributed by atoms with E-state index in [-0.39, 0.29) is 24.8 Å². The molecule has 1 aliphatic rings. The van der Waals surface area contributed by atoms with Crippen LogP contribution in [0.15, 0.2) is 24.3 Å². The van der Waals surface area contributed by atoms with Crippen molar-refractivity contribution in [2.45, 2.75) is 13.3 Å². The lowest BCUT2D eigenvalue weighted by atomic mass is 10.1. The third-order valence-electron chi connectivity index (χ3n) is 3.28. The Morgan fingerprint density at radius 3 is 2.60 bits per heavy atom. The minimum Gasteiger partial charge on any atom is -0.368 e. The smallest absolute Gasteiger partial charge is 0.236 e. The van der Waals surface area contributed by atoms with Crippen LogP contribution in [0.4, 0.5) is 5.69 Å². The third kappa shape index (κ3) is 3.14. The molecule has 3 amide bonds. The standard InChI is InChI=1S/C14H17N3O3/c1-9-2-4-11(5-3-9)17-8-10(6-13(17)19)14(20)16-7-12(15)18/h2-5,10H,6-8H2,1H3,(H2,15,18)(H,16,20)/t10-/m1/s1. The van der Waals surface area contributed by atoms with Gasteiger partial charge in [-0.3, -0.25) is 14.4 Å². The van der Waals surface area contributed by atoms with Crippen LogP contribution < -0.4 is 16.0 Å². The summed E-state index contributed by atoms with van der Waals surface area (Å²) in [6.07, 6.45) is 0.151. The highest BCUT2D eigenvalue weighted by molar-refractivity contribution is 6.00. The van der Waals surface area contributed by atoms with Gasteiger partial charge in [0.05, 0.1) is 12.5 Å². The maximum Gasteiger partial charge on any atom is 0.236 e. The van der Waals surface area contributed by atoms with Crippen molar-refractivity contribution in [2.75, 3.05) is 18.0 Å². The van der Waals surface area contributed by atoms with E-state index in [2.05, 4.69) is 5.32 Å². The van der Waals surface area contributed by atoms with E-state index >= 15 is 0 Å². The lowest BCUT2D eigenvalue weighted by Gasteiger charge is -2.16. The summed E-state index contributed by atoms with van der Waals surface area (Å²) < 4.78 is 0. The Kier molecular flexibility index (Phi) is 4.02. The van der Waals surface area contributed by atoms with Crippen molar-refractivity contribution in [3.63, 3.8) is 0 Å². The summed E-state index contributed by atoms with van der Waals surface area (Å²) in [6.45, 7) is 2.09. The molecule has 1 aliphatic heterocycles. The Bertz CT molecular complexity index is 539. The molecule has 3 N–H and O–H groups in total. The second-order valence-electron chi connectivity index (χ2n) is 4.93. The van der Waals surface area contributed by atoms with E-state index in [1.165, 1.54) is 0 Å². The minimum absolute atomic E-state index is 0.0897. The molecule has 0 radical (unpaired) electrons. The molecule has 6 nitrogen and oxygen atoms in total. The number of rotatable bonds is 4. The van der Waals surface area contributed by atoms with Gasteiger partial charge in [0.25, 0.3) is 0 Å². The predicted molar refractivity (Wildman–Crippen MR) is 73.8 cm³/mol. The molecule has 0 saturated carbocycles. The molecular weight excluding hydrogens is 258 g/mol. The summed E-state index contributed by atoms with van der Waals surface area (Å²) in [5, 5.41) is 2.43. The number of benzene rings is 1. The average Bonchev–Trinajstić information content (AvgIpc) is 2.79. The molecule has 1 fully saturated rings. The maximum absolute atomic E-state index is 12.0. The summed E-state index contributed by atoms with van der Waals surface area (Å²) in [5.41, 5.74) is 6.86. The number of nitrogens with one attached hydrogen (secondary N) is 1. The Labute approximate surface area is 116 Å².